The van der Waals surface area contributed by atoms with Gasteiger partial charge >= 0.3 is 5.97 Å². The van der Waals surface area contributed by atoms with Crippen molar-refractivity contribution in [2.24, 2.45) is 5.92 Å². The van der Waals surface area contributed by atoms with E-state index in [4.69, 9.17) is 9.84 Å². The van der Waals surface area contributed by atoms with Crippen molar-refractivity contribution < 1.29 is 14.6 Å². The molecule has 1 saturated heterocycles. The molecule has 5 nitrogen and oxygen atoms in total. The molecule has 0 spiro atoms. The van der Waals surface area contributed by atoms with Gasteiger partial charge in [-0.25, -0.2) is 0 Å². The summed E-state index contributed by atoms with van der Waals surface area (Å²) in [4.78, 5) is 13.9. The van der Waals surface area contributed by atoms with E-state index in [0.717, 1.165) is 13.0 Å². The van der Waals surface area contributed by atoms with Gasteiger partial charge in [-0.3, -0.25) is 9.69 Å². The second-order valence-corrected chi connectivity index (χ2v) is 5.78. The second-order valence-electron chi connectivity index (χ2n) is 5.78. The monoisotopic (exact) mass is 270 g/mol. The molecule has 0 aromatic carbocycles. The maximum Gasteiger partial charge on any atom is 0.310 e. The summed E-state index contributed by atoms with van der Waals surface area (Å²) in [6.07, 6.45) is 5.97. The fourth-order valence-corrected chi connectivity index (χ4v) is 3.40. The molecule has 2 unspecified atom stereocenters. The molecular formula is C14H26N2O3. The molecule has 2 rings (SSSR count). The van der Waals surface area contributed by atoms with E-state index in [1.54, 1.807) is 0 Å². The SMILES string of the molecule is COC(=O)C1CC(NC2CCCC2)CN(CCO)C1. The number of carbonyl (C=O) groups excluding carboxylic acids is 1. The Morgan fingerprint density at radius 1 is 1.32 bits per heavy atom. The quantitative estimate of drug-likeness (QED) is 0.707. The summed E-state index contributed by atoms with van der Waals surface area (Å²) >= 11 is 0. The highest BCUT2D eigenvalue weighted by atomic mass is 16.5. The van der Waals surface area contributed by atoms with E-state index in [1.165, 1.54) is 32.8 Å². The third-order valence-corrected chi connectivity index (χ3v) is 4.30. The molecule has 110 valence electrons. The lowest BCUT2D eigenvalue weighted by Gasteiger charge is -2.37. The van der Waals surface area contributed by atoms with Crippen LogP contribution in [-0.2, 0) is 9.53 Å². The van der Waals surface area contributed by atoms with E-state index in [2.05, 4.69) is 10.2 Å². The van der Waals surface area contributed by atoms with Crippen LogP contribution in [0.4, 0.5) is 0 Å². The molecule has 2 fully saturated rings. The Bertz CT molecular complexity index is 292. The van der Waals surface area contributed by atoms with Crippen molar-refractivity contribution >= 4 is 5.97 Å². The van der Waals surface area contributed by atoms with Gasteiger partial charge in [0.2, 0.25) is 0 Å². The molecule has 5 heteroatoms. The molecule has 0 amide bonds. The Kier molecular flexibility index (Phi) is 5.60. The van der Waals surface area contributed by atoms with Crippen LogP contribution in [0, 0.1) is 5.92 Å². The van der Waals surface area contributed by atoms with Crippen molar-refractivity contribution in [1.82, 2.24) is 10.2 Å². The van der Waals surface area contributed by atoms with Crippen LogP contribution >= 0.6 is 0 Å². The number of carbonyl (C=O) groups is 1. The van der Waals surface area contributed by atoms with Crippen molar-refractivity contribution in [2.75, 3.05) is 33.4 Å². The van der Waals surface area contributed by atoms with Crippen LogP contribution in [0.1, 0.15) is 32.1 Å². The predicted octanol–water partition coefficient (Wildman–Crippen LogP) is 0.374. The van der Waals surface area contributed by atoms with Crippen molar-refractivity contribution in [1.29, 1.82) is 0 Å². The van der Waals surface area contributed by atoms with Gasteiger partial charge in [0.05, 0.1) is 19.6 Å². The van der Waals surface area contributed by atoms with Crippen molar-refractivity contribution in [3.8, 4) is 0 Å². The van der Waals surface area contributed by atoms with Crippen LogP contribution in [0.15, 0.2) is 0 Å². The average Bonchev–Trinajstić information content (AvgIpc) is 2.90. The van der Waals surface area contributed by atoms with Gasteiger partial charge in [-0.2, -0.15) is 0 Å². The van der Waals surface area contributed by atoms with Gasteiger partial charge in [0.1, 0.15) is 0 Å². The first-order valence-electron chi connectivity index (χ1n) is 7.40. The van der Waals surface area contributed by atoms with E-state index in [-0.39, 0.29) is 18.5 Å². The molecular weight excluding hydrogens is 244 g/mol. The number of likely N-dealkylation sites (tertiary alicyclic amines) is 1. The zero-order chi connectivity index (χ0) is 13.7. The van der Waals surface area contributed by atoms with Gasteiger partial charge in [0, 0.05) is 31.7 Å². The summed E-state index contributed by atoms with van der Waals surface area (Å²) in [6.45, 7) is 2.40. The van der Waals surface area contributed by atoms with Gasteiger partial charge in [-0.15, -0.1) is 0 Å². The van der Waals surface area contributed by atoms with Crippen LogP contribution in [-0.4, -0.2) is 61.4 Å². The molecule has 1 aliphatic carbocycles. The number of β-amino-alcohol motifs (C(OH)–C–C–N with tert-alkyl or cyclic N) is 1. The highest BCUT2D eigenvalue weighted by molar-refractivity contribution is 5.72. The topological polar surface area (TPSA) is 61.8 Å². The smallest absolute Gasteiger partial charge is 0.310 e. The van der Waals surface area contributed by atoms with Gasteiger partial charge < -0.3 is 15.2 Å². The summed E-state index contributed by atoms with van der Waals surface area (Å²) in [7, 11) is 1.45. The summed E-state index contributed by atoms with van der Waals surface area (Å²) in [5, 5.41) is 12.8. The fraction of sp³-hybridized carbons (Fsp3) is 0.929. The molecule has 0 radical (unpaired) electrons. The van der Waals surface area contributed by atoms with E-state index in [9.17, 15) is 4.79 Å². The first kappa shape index (κ1) is 14.8. The Hall–Kier alpha value is -0.650. The maximum absolute atomic E-state index is 11.8. The largest absolute Gasteiger partial charge is 0.469 e. The minimum atomic E-state index is -0.124. The van der Waals surface area contributed by atoms with Crippen LogP contribution in [0.3, 0.4) is 0 Å². The molecule has 1 aliphatic heterocycles. The summed E-state index contributed by atoms with van der Waals surface area (Å²) in [6, 6.07) is 0.949. The Morgan fingerprint density at radius 3 is 2.68 bits per heavy atom. The fourth-order valence-electron chi connectivity index (χ4n) is 3.40. The number of piperidine rings is 1. The maximum atomic E-state index is 11.8. The van der Waals surface area contributed by atoms with E-state index < -0.39 is 0 Å². The number of aliphatic hydroxyl groups excluding tert-OH is 1. The molecule has 0 aromatic heterocycles. The van der Waals surface area contributed by atoms with E-state index >= 15 is 0 Å². The third-order valence-electron chi connectivity index (χ3n) is 4.30. The number of nitrogens with one attached hydrogen (secondary N) is 1. The molecule has 1 saturated carbocycles. The predicted molar refractivity (Wildman–Crippen MR) is 72.8 cm³/mol. The standard InChI is InChI=1S/C14H26N2O3/c1-19-14(18)11-8-13(10-16(9-11)6-7-17)15-12-4-2-3-5-12/h11-13,15,17H,2-10H2,1H3. The Labute approximate surface area is 115 Å². The van der Waals surface area contributed by atoms with Crippen LogP contribution < -0.4 is 5.32 Å². The van der Waals surface area contributed by atoms with Crippen LogP contribution in [0.2, 0.25) is 0 Å². The molecule has 2 N–H and O–H groups in total. The number of methoxy groups -OCH3 is 1. The summed E-state index contributed by atoms with van der Waals surface area (Å²) in [5.74, 6) is -0.190. The number of rotatable bonds is 5. The molecule has 2 aliphatic rings. The van der Waals surface area contributed by atoms with Gasteiger partial charge in [0.15, 0.2) is 0 Å². The van der Waals surface area contributed by atoms with Crippen molar-refractivity contribution in [2.45, 2.75) is 44.2 Å². The summed E-state index contributed by atoms with van der Waals surface area (Å²) < 4.78 is 4.88. The van der Waals surface area contributed by atoms with Gasteiger partial charge in [-0.05, 0) is 19.3 Å². The zero-order valence-electron chi connectivity index (χ0n) is 11.8. The van der Waals surface area contributed by atoms with Crippen LogP contribution in [0.25, 0.3) is 0 Å². The molecule has 0 aromatic rings. The first-order valence-corrected chi connectivity index (χ1v) is 7.40. The molecule has 0 bridgehead atoms. The number of hydrogen-bond donors (Lipinski definition) is 2. The molecule has 2 atom stereocenters. The second kappa shape index (κ2) is 7.22. The Morgan fingerprint density at radius 2 is 2.05 bits per heavy atom. The highest BCUT2D eigenvalue weighted by Crippen LogP contribution is 2.23. The van der Waals surface area contributed by atoms with Gasteiger partial charge in [0.25, 0.3) is 0 Å². The number of esters is 1. The number of hydrogen-bond acceptors (Lipinski definition) is 5. The molecule has 19 heavy (non-hydrogen) atoms. The van der Waals surface area contributed by atoms with E-state index in [1.807, 2.05) is 0 Å². The number of nitrogens with zero attached hydrogens (tertiary/aromatic N) is 1. The normalized spacial score (nSPS) is 29.6. The lowest BCUT2D eigenvalue weighted by molar-refractivity contribution is -0.147. The zero-order valence-corrected chi connectivity index (χ0v) is 11.8. The molecule has 1 heterocycles. The van der Waals surface area contributed by atoms with Crippen molar-refractivity contribution in [3.63, 3.8) is 0 Å². The third kappa shape index (κ3) is 4.16. The van der Waals surface area contributed by atoms with Gasteiger partial charge in [-0.1, -0.05) is 12.8 Å². The Balaban J connectivity index is 1.90. The lowest BCUT2D eigenvalue weighted by Crippen LogP contribution is -2.53. The highest BCUT2D eigenvalue weighted by Gasteiger charge is 2.33. The number of ether oxygens (including phenoxy) is 1. The van der Waals surface area contributed by atoms with Crippen molar-refractivity contribution in [3.05, 3.63) is 0 Å². The first-order chi connectivity index (χ1) is 9.22. The average molecular weight is 270 g/mol. The number of aliphatic hydroxyl groups is 1. The van der Waals surface area contributed by atoms with E-state index in [0.29, 0.717) is 25.2 Å². The minimum absolute atomic E-state index is 0.0656. The van der Waals surface area contributed by atoms with Crippen LogP contribution in [0.5, 0.6) is 0 Å². The minimum Gasteiger partial charge on any atom is -0.469 e. The lowest BCUT2D eigenvalue weighted by atomic mass is 9.93. The summed E-state index contributed by atoms with van der Waals surface area (Å²) in [5.41, 5.74) is 0.